The number of aliphatic carboxylic acids is 1. The number of methoxy groups -OCH3 is 1. The lowest BCUT2D eigenvalue weighted by atomic mass is 9.93. The Hall–Kier alpha value is -4.35. The Morgan fingerprint density at radius 3 is 2.36 bits per heavy atom. The summed E-state index contributed by atoms with van der Waals surface area (Å²) in [6.07, 6.45) is -1.02. The van der Waals surface area contributed by atoms with E-state index in [4.69, 9.17) is 9.47 Å². The molecular weight excluding hydrogens is 444 g/mol. The lowest BCUT2D eigenvalue weighted by Crippen LogP contribution is -2.46. The standard InChI is InChI=1S/C21H17F2N3O7/c1-3-16-17(19(27)28)18(11-4-9-14(22)15(23)10-11)25(20(24-16)32-2)21(29)33-13-7-5-12(6-8-13)26(30)31/h4-10,18H,3H2,1-2H3,(H,27,28). The van der Waals surface area contributed by atoms with Crippen molar-refractivity contribution in [1.29, 1.82) is 0 Å². The van der Waals surface area contributed by atoms with Gasteiger partial charge in [0, 0.05) is 12.1 Å². The molecule has 0 aliphatic carbocycles. The number of allylic oxidation sites excluding steroid dienone is 1. The summed E-state index contributed by atoms with van der Waals surface area (Å²) < 4.78 is 38.0. The molecule has 1 heterocycles. The first-order valence-corrected chi connectivity index (χ1v) is 9.47. The van der Waals surface area contributed by atoms with Crippen LogP contribution in [-0.2, 0) is 9.53 Å². The molecule has 0 saturated heterocycles. The van der Waals surface area contributed by atoms with Crippen LogP contribution in [0.1, 0.15) is 24.9 Å². The summed E-state index contributed by atoms with van der Waals surface area (Å²) in [5.74, 6) is -3.94. The van der Waals surface area contributed by atoms with Gasteiger partial charge in [-0.2, -0.15) is 0 Å². The number of aliphatic imine (C=N–C) groups is 1. The Morgan fingerprint density at radius 1 is 1.18 bits per heavy atom. The van der Waals surface area contributed by atoms with E-state index >= 15 is 0 Å². The molecule has 0 aromatic heterocycles. The topological polar surface area (TPSA) is 132 Å². The number of amidine groups is 1. The van der Waals surface area contributed by atoms with Crippen LogP contribution >= 0.6 is 0 Å². The van der Waals surface area contributed by atoms with Crippen LogP contribution in [0, 0.1) is 21.7 Å². The fourth-order valence-corrected chi connectivity index (χ4v) is 3.25. The SMILES string of the molecule is CCC1=C(C(=O)O)C(c2ccc(F)c(F)c2)N(C(=O)Oc2ccc([N+](=O)[O-])cc2)C(OC)=N1. The highest BCUT2D eigenvalue weighted by molar-refractivity contribution is 5.99. The van der Waals surface area contributed by atoms with Crippen molar-refractivity contribution in [3.8, 4) is 5.75 Å². The van der Waals surface area contributed by atoms with Crippen LogP contribution in [0.15, 0.2) is 58.7 Å². The molecule has 0 radical (unpaired) electrons. The van der Waals surface area contributed by atoms with Crippen molar-refractivity contribution >= 4 is 23.8 Å². The number of nitro groups is 1. The first-order valence-electron chi connectivity index (χ1n) is 9.47. The van der Waals surface area contributed by atoms with E-state index in [-0.39, 0.29) is 40.7 Å². The van der Waals surface area contributed by atoms with E-state index in [1.54, 1.807) is 6.92 Å². The number of nitro benzene ring substituents is 1. The molecule has 1 atom stereocenters. The van der Waals surface area contributed by atoms with Gasteiger partial charge >= 0.3 is 18.1 Å². The van der Waals surface area contributed by atoms with E-state index in [1.165, 1.54) is 19.2 Å². The van der Waals surface area contributed by atoms with Gasteiger partial charge in [0.05, 0.1) is 23.3 Å². The van der Waals surface area contributed by atoms with Gasteiger partial charge in [0.2, 0.25) is 0 Å². The molecule has 172 valence electrons. The number of nitrogens with zero attached hydrogens (tertiary/aromatic N) is 3. The summed E-state index contributed by atoms with van der Waals surface area (Å²) in [5.41, 5.74) is -0.601. The van der Waals surface area contributed by atoms with Crippen LogP contribution in [0.2, 0.25) is 0 Å². The third-order valence-electron chi connectivity index (χ3n) is 4.74. The predicted molar refractivity (Wildman–Crippen MR) is 109 cm³/mol. The van der Waals surface area contributed by atoms with E-state index in [0.29, 0.717) is 0 Å². The van der Waals surface area contributed by atoms with Crippen LogP contribution in [0.5, 0.6) is 5.75 Å². The molecule has 1 amide bonds. The number of carbonyl (C=O) groups excluding carboxylic acids is 1. The van der Waals surface area contributed by atoms with Crippen LogP contribution in [0.25, 0.3) is 0 Å². The molecule has 1 N–H and O–H groups in total. The maximum absolute atomic E-state index is 14.0. The Labute approximate surface area is 185 Å². The predicted octanol–water partition coefficient (Wildman–Crippen LogP) is 4.18. The second kappa shape index (κ2) is 9.42. The molecule has 2 aromatic rings. The van der Waals surface area contributed by atoms with E-state index in [0.717, 1.165) is 35.2 Å². The average molecular weight is 461 g/mol. The highest BCUT2D eigenvalue weighted by Gasteiger charge is 2.42. The van der Waals surface area contributed by atoms with Gasteiger partial charge in [0.1, 0.15) is 11.8 Å². The molecule has 0 fully saturated rings. The quantitative estimate of drug-likeness (QED) is 0.522. The van der Waals surface area contributed by atoms with Crippen molar-refractivity contribution in [2.75, 3.05) is 7.11 Å². The summed E-state index contributed by atoms with van der Waals surface area (Å²) >= 11 is 0. The third-order valence-corrected chi connectivity index (χ3v) is 4.74. The number of carbonyl (C=O) groups is 2. The minimum absolute atomic E-state index is 0.0634. The van der Waals surface area contributed by atoms with Crippen molar-refractivity contribution in [3.63, 3.8) is 0 Å². The van der Waals surface area contributed by atoms with E-state index in [1.807, 2.05) is 0 Å². The van der Waals surface area contributed by atoms with Crippen LogP contribution in [0.4, 0.5) is 19.3 Å². The minimum Gasteiger partial charge on any atom is -0.478 e. The number of non-ortho nitro benzene ring substituents is 1. The smallest absolute Gasteiger partial charge is 0.424 e. The van der Waals surface area contributed by atoms with Crippen molar-refractivity contribution in [2.45, 2.75) is 19.4 Å². The van der Waals surface area contributed by atoms with Gasteiger partial charge in [0.15, 0.2) is 11.6 Å². The maximum Gasteiger partial charge on any atom is 0.424 e. The highest BCUT2D eigenvalue weighted by atomic mass is 19.2. The zero-order chi connectivity index (χ0) is 24.3. The van der Waals surface area contributed by atoms with Gasteiger partial charge in [-0.3, -0.25) is 10.1 Å². The number of carboxylic acids is 1. The summed E-state index contributed by atoms with van der Waals surface area (Å²) in [4.78, 5) is 40.2. The Morgan fingerprint density at radius 2 is 1.85 bits per heavy atom. The number of halogens is 2. The molecule has 0 spiro atoms. The second-order valence-electron chi connectivity index (χ2n) is 6.68. The summed E-state index contributed by atoms with van der Waals surface area (Å²) in [5, 5.41) is 20.7. The van der Waals surface area contributed by atoms with Crippen LogP contribution < -0.4 is 4.74 Å². The number of amides is 1. The Kier molecular flexibility index (Phi) is 6.66. The number of rotatable bonds is 5. The monoisotopic (exact) mass is 461 g/mol. The first kappa shape index (κ1) is 23.3. The van der Waals surface area contributed by atoms with E-state index in [9.17, 15) is 33.6 Å². The second-order valence-corrected chi connectivity index (χ2v) is 6.68. The molecule has 0 bridgehead atoms. The molecular formula is C21H17F2N3O7. The average Bonchev–Trinajstić information content (AvgIpc) is 2.79. The summed E-state index contributed by atoms with van der Waals surface area (Å²) in [6.45, 7) is 1.63. The highest BCUT2D eigenvalue weighted by Crippen LogP contribution is 2.37. The maximum atomic E-state index is 14.0. The molecule has 10 nitrogen and oxygen atoms in total. The first-order chi connectivity index (χ1) is 15.7. The minimum atomic E-state index is -1.47. The van der Waals surface area contributed by atoms with Crippen LogP contribution in [0.3, 0.4) is 0 Å². The molecule has 3 rings (SSSR count). The van der Waals surface area contributed by atoms with Crippen molar-refractivity contribution < 1.29 is 37.9 Å². The largest absolute Gasteiger partial charge is 0.478 e. The lowest BCUT2D eigenvalue weighted by molar-refractivity contribution is -0.384. The molecule has 0 saturated carbocycles. The lowest BCUT2D eigenvalue weighted by Gasteiger charge is -2.34. The summed E-state index contributed by atoms with van der Waals surface area (Å²) in [7, 11) is 1.19. The molecule has 1 aliphatic heterocycles. The molecule has 12 heteroatoms. The number of hydrogen-bond donors (Lipinski definition) is 1. The van der Waals surface area contributed by atoms with Gasteiger partial charge in [-0.15, -0.1) is 0 Å². The number of carboxylic acid groups (broad SMARTS) is 1. The van der Waals surface area contributed by atoms with Gasteiger partial charge in [-0.25, -0.2) is 28.3 Å². The fraction of sp³-hybridized carbons (Fsp3) is 0.190. The number of ether oxygens (including phenoxy) is 2. The normalized spacial score (nSPS) is 15.7. The Bertz CT molecular complexity index is 1180. The van der Waals surface area contributed by atoms with Gasteiger partial charge in [0.25, 0.3) is 5.69 Å². The molecule has 2 aromatic carbocycles. The zero-order valence-corrected chi connectivity index (χ0v) is 17.3. The van der Waals surface area contributed by atoms with Crippen molar-refractivity contribution in [3.05, 3.63) is 81.0 Å². The molecule has 33 heavy (non-hydrogen) atoms. The zero-order valence-electron chi connectivity index (χ0n) is 17.3. The molecule has 1 unspecified atom stereocenters. The fourth-order valence-electron chi connectivity index (χ4n) is 3.25. The number of benzene rings is 2. The number of hydrogen-bond acceptors (Lipinski definition) is 7. The summed E-state index contributed by atoms with van der Waals surface area (Å²) in [6, 6.07) is 5.44. The van der Waals surface area contributed by atoms with Gasteiger partial charge < -0.3 is 14.6 Å². The van der Waals surface area contributed by atoms with Gasteiger partial charge in [-0.05, 0) is 36.2 Å². The van der Waals surface area contributed by atoms with Gasteiger partial charge in [-0.1, -0.05) is 13.0 Å². The van der Waals surface area contributed by atoms with Crippen molar-refractivity contribution in [2.24, 2.45) is 4.99 Å². The van der Waals surface area contributed by atoms with Crippen LogP contribution in [-0.4, -0.2) is 40.1 Å². The Balaban J connectivity index is 2.10. The van der Waals surface area contributed by atoms with Crippen molar-refractivity contribution in [1.82, 2.24) is 4.90 Å². The van der Waals surface area contributed by atoms with E-state index in [2.05, 4.69) is 4.99 Å². The molecule has 1 aliphatic rings. The van der Waals surface area contributed by atoms with E-state index < -0.39 is 34.7 Å². The third kappa shape index (κ3) is 4.63.